The van der Waals surface area contributed by atoms with Crippen LogP contribution in [0, 0.1) is 16.7 Å². The van der Waals surface area contributed by atoms with E-state index in [1.165, 1.54) is 6.08 Å². The summed E-state index contributed by atoms with van der Waals surface area (Å²) in [5.74, 6) is 0. The van der Waals surface area contributed by atoms with Crippen molar-refractivity contribution >= 4 is 0 Å². The van der Waals surface area contributed by atoms with Gasteiger partial charge < -0.3 is 0 Å². The third-order valence-corrected chi connectivity index (χ3v) is 0.961. The molecule has 0 fully saturated rings. The van der Waals surface area contributed by atoms with Crippen LogP contribution in [0.5, 0.6) is 0 Å². The highest BCUT2D eigenvalue weighted by Crippen LogP contribution is 1.94. The first-order valence-electron chi connectivity index (χ1n) is 2.92. The van der Waals surface area contributed by atoms with Crippen LogP contribution in [-0.4, -0.2) is 11.5 Å². The normalized spacial score (nSPS) is 8.89. The molecule has 0 aliphatic heterocycles. The lowest BCUT2D eigenvalue weighted by atomic mass is 10.2. The molecule has 0 rings (SSSR count). The SMILES string of the molecule is [CH]=CCCCC[N+](=O)[O-]. The highest BCUT2D eigenvalue weighted by atomic mass is 16.6. The molecule has 51 valence electrons. The smallest absolute Gasteiger partial charge is 0.203 e. The maximum atomic E-state index is 9.73. The average molecular weight is 128 g/mol. The standard InChI is InChI=1S/C6H10NO2/c1-2-3-4-5-6-7(8)9/h1-2H,3-6H2. The summed E-state index contributed by atoms with van der Waals surface area (Å²) in [5.41, 5.74) is 0. The van der Waals surface area contributed by atoms with Gasteiger partial charge in [0.1, 0.15) is 0 Å². The molecule has 9 heavy (non-hydrogen) atoms. The number of allylic oxidation sites excluding steroid dienone is 1. The lowest BCUT2D eigenvalue weighted by Crippen LogP contribution is -1.99. The summed E-state index contributed by atoms with van der Waals surface area (Å²) in [6.45, 7) is 5.11. The zero-order valence-electron chi connectivity index (χ0n) is 5.25. The first-order valence-corrected chi connectivity index (χ1v) is 2.92. The number of hydrogen-bond acceptors (Lipinski definition) is 2. The Balaban J connectivity index is 2.91. The molecule has 0 bridgehead atoms. The van der Waals surface area contributed by atoms with Gasteiger partial charge in [-0.05, 0) is 12.8 Å². The van der Waals surface area contributed by atoms with Gasteiger partial charge in [0.25, 0.3) is 0 Å². The van der Waals surface area contributed by atoms with Crippen LogP contribution in [0.15, 0.2) is 6.08 Å². The molecule has 0 spiro atoms. The lowest BCUT2D eigenvalue weighted by molar-refractivity contribution is -0.480. The zero-order valence-corrected chi connectivity index (χ0v) is 5.25. The van der Waals surface area contributed by atoms with Gasteiger partial charge >= 0.3 is 0 Å². The highest BCUT2D eigenvalue weighted by molar-refractivity contribution is 4.60. The Labute approximate surface area is 54.5 Å². The summed E-state index contributed by atoms with van der Waals surface area (Å²) in [5, 5.41) is 9.73. The minimum Gasteiger partial charge on any atom is -0.265 e. The van der Waals surface area contributed by atoms with Crippen molar-refractivity contribution in [3.63, 3.8) is 0 Å². The predicted molar refractivity (Wildman–Crippen MR) is 34.6 cm³/mol. The molecule has 3 heteroatoms. The molecule has 0 saturated heterocycles. The van der Waals surface area contributed by atoms with Crippen LogP contribution < -0.4 is 0 Å². The summed E-state index contributed by atoms with van der Waals surface area (Å²) >= 11 is 0. The van der Waals surface area contributed by atoms with Crippen molar-refractivity contribution in [3.8, 4) is 0 Å². The van der Waals surface area contributed by atoms with Crippen molar-refractivity contribution in [1.82, 2.24) is 0 Å². The molecular weight excluding hydrogens is 118 g/mol. The second-order valence-electron chi connectivity index (χ2n) is 1.79. The molecule has 0 aromatic carbocycles. The number of rotatable bonds is 5. The molecule has 0 aliphatic carbocycles. The van der Waals surface area contributed by atoms with E-state index >= 15 is 0 Å². The van der Waals surface area contributed by atoms with Gasteiger partial charge in [-0.2, -0.15) is 0 Å². The van der Waals surface area contributed by atoms with Crippen LogP contribution in [0.2, 0.25) is 0 Å². The van der Waals surface area contributed by atoms with Gasteiger partial charge in [-0.1, -0.05) is 12.7 Å². The molecule has 1 radical (unpaired) electrons. The highest BCUT2D eigenvalue weighted by Gasteiger charge is 1.93. The van der Waals surface area contributed by atoms with Gasteiger partial charge in [0.2, 0.25) is 6.54 Å². The molecule has 0 aromatic rings. The quantitative estimate of drug-likeness (QED) is 0.319. The molecule has 0 atom stereocenters. The third kappa shape index (κ3) is 7.14. The van der Waals surface area contributed by atoms with Gasteiger partial charge in [-0.3, -0.25) is 10.1 Å². The Morgan fingerprint density at radius 3 is 2.67 bits per heavy atom. The minimum atomic E-state index is -0.309. The number of nitro groups is 1. The predicted octanol–water partition coefficient (Wildman–Crippen LogP) is 1.42. The molecular formula is C6H10NO2. The molecule has 0 unspecified atom stereocenters. The van der Waals surface area contributed by atoms with Crippen LogP contribution >= 0.6 is 0 Å². The van der Waals surface area contributed by atoms with Crippen molar-refractivity contribution in [1.29, 1.82) is 0 Å². The first-order chi connectivity index (χ1) is 4.27. The van der Waals surface area contributed by atoms with Gasteiger partial charge in [0.05, 0.1) is 0 Å². The van der Waals surface area contributed by atoms with E-state index in [2.05, 4.69) is 0 Å². The maximum Gasteiger partial charge on any atom is 0.203 e. The second kappa shape index (κ2) is 5.28. The fourth-order valence-corrected chi connectivity index (χ4v) is 0.503. The van der Waals surface area contributed by atoms with E-state index in [9.17, 15) is 10.1 Å². The summed E-state index contributed by atoms with van der Waals surface area (Å²) in [6.07, 6.45) is 3.74. The molecule has 0 saturated carbocycles. The summed E-state index contributed by atoms with van der Waals surface area (Å²) in [4.78, 5) is 9.42. The van der Waals surface area contributed by atoms with E-state index in [4.69, 9.17) is 6.58 Å². The van der Waals surface area contributed by atoms with Gasteiger partial charge in [-0.25, -0.2) is 0 Å². The van der Waals surface area contributed by atoms with Crippen molar-refractivity contribution in [2.75, 3.05) is 6.54 Å². The Kier molecular flexibility index (Phi) is 4.78. The van der Waals surface area contributed by atoms with Gasteiger partial charge in [0, 0.05) is 11.3 Å². The topological polar surface area (TPSA) is 43.1 Å². The van der Waals surface area contributed by atoms with E-state index in [0.29, 0.717) is 6.42 Å². The molecule has 3 nitrogen and oxygen atoms in total. The Morgan fingerprint density at radius 2 is 2.22 bits per heavy atom. The molecule has 0 aromatic heterocycles. The van der Waals surface area contributed by atoms with Crippen LogP contribution in [0.25, 0.3) is 0 Å². The fraction of sp³-hybridized carbons (Fsp3) is 0.667. The van der Waals surface area contributed by atoms with Crippen LogP contribution in [0.4, 0.5) is 0 Å². The Bertz CT molecular complexity index is 101. The lowest BCUT2D eigenvalue weighted by Gasteiger charge is -1.89. The molecule has 0 aliphatic rings. The van der Waals surface area contributed by atoms with Crippen LogP contribution in [0.3, 0.4) is 0 Å². The fourth-order valence-electron chi connectivity index (χ4n) is 0.503. The van der Waals surface area contributed by atoms with Crippen LogP contribution in [-0.2, 0) is 0 Å². The largest absolute Gasteiger partial charge is 0.265 e. The number of nitrogens with zero attached hydrogens (tertiary/aromatic N) is 1. The van der Waals surface area contributed by atoms with E-state index in [1.807, 2.05) is 0 Å². The number of hydrogen-bond donors (Lipinski definition) is 0. The van der Waals surface area contributed by atoms with E-state index in [0.717, 1.165) is 12.8 Å². The number of unbranched alkanes of at least 4 members (excludes halogenated alkanes) is 2. The molecule has 0 heterocycles. The minimum absolute atomic E-state index is 0.0633. The summed E-state index contributed by atoms with van der Waals surface area (Å²) < 4.78 is 0. The maximum absolute atomic E-state index is 9.73. The second-order valence-corrected chi connectivity index (χ2v) is 1.79. The third-order valence-electron chi connectivity index (χ3n) is 0.961. The Morgan fingerprint density at radius 1 is 1.56 bits per heavy atom. The summed E-state index contributed by atoms with van der Waals surface area (Å²) in [6, 6.07) is 0. The van der Waals surface area contributed by atoms with Gasteiger partial charge in [-0.15, -0.1) is 0 Å². The van der Waals surface area contributed by atoms with E-state index in [-0.39, 0.29) is 11.5 Å². The Hall–Kier alpha value is -0.860. The van der Waals surface area contributed by atoms with E-state index < -0.39 is 0 Å². The first kappa shape index (κ1) is 8.14. The summed E-state index contributed by atoms with van der Waals surface area (Å²) in [7, 11) is 0. The monoisotopic (exact) mass is 128 g/mol. The zero-order chi connectivity index (χ0) is 7.11. The average Bonchev–Trinajstić information content (AvgIpc) is 1.80. The van der Waals surface area contributed by atoms with Crippen molar-refractivity contribution < 1.29 is 4.92 Å². The van der Waals surface area contributed by atoms with E-state index in [1.54, 1.807) is 0 Å². The molecule has 0 amide bonds. The van der Waals surface area contributed by atoms with Crippen LogP contribution in [0.1, 0.15) is 19.3 Å². The van der Waals surface area contributed by atoms with Crippen molar-refractivity contribution in [2.45, 2.75) is 19.3 Å². The van der Waals surface area contributed by atoms with Crippen molar-refractivity contribution in [3.05, 3.63) is 22.8 Å². The van der Waals surface area contributed by atoms with Crippen molar-refractivity contribution in [2.24, 2.45) is 0 Å². The molecule has 0 N–H and O–H groups in total. The van der Waals surface area contributed by atoms with Gasteiger partial charge in [0.15, 0.2) is 0 Å².